The molecule has 0 atom stereocenters. The molecule has 1 heterocycles. The molecule has 0 unspecified atom stereocenters. The number of rotatable bonds is 3. The summed E-state index contributed by atoms with van der Waals surface area (Å²) in [6, 6.07) is 8.11. The van der Waals surface area contributed by atoms with Crippen LogP contribution < -0.4 is 0 Å². The van der Waals surface area contributed by atoms with Gasteiger partial charge in [-0.25, -0.2) is 0 Å². The summed E-state index contributed by atoms with van der Waals surface area (Å²) >= 11 is 0. The molecule has 16 heavy (non-hydrogen) atoms. The van der Waals surface area contributed by atoms with E-state index in [1.54, 1.807) is 6.08 Å². The van der Waals surface area contributed by atoms with E-state index in [-0.39, 0.29) is 0 Å². The molecule has 0 saturated heterocycles. The van der Waals surface area contributed by atoms with Crippen molar-refractivity contribution in [2.24, 2.45) is 0 Å². The Morgan fingerprint density at radius 3 is 3.00 bits per heavy atom. The highest BCUT2D eigenvalue weighted by Crippen LogP contribution is 2.19. The number of hydrogen-bond donors (Lipinski definition) is 0. The second kappa shape index (κ2) is 4.55. The predicted molar refractivity (Wildman–Crippen MR) is 69.2 cm³/mol. The lowest BCUT2D eigenvalue weighted by Crippen LogP contribution is -1.94. The van der Waals surface area contributed by atoms with Gasteiger partial charge in [0.05, 0.1) is 5.52 Å². The molecule has 0 bridgehead atoms. The molecule has 0 aliphatic heterocycles. The fourth-order valence-electron chi connectivity index (χ4n) is 1.80. The minimum absolute atomic E-state index is 0.814. The van der Waals surface area contributed by atoms with Crippen molar-refractivity contribution < 1.29 is 0 Å². The summed E-state index contributed by atoms with van der Waals surface area (Å²) in [7, 11) is 0. The maximum atomic E-state index is 5.50. The fourth-order valence-corrected chi connectivity index (χ4v) is 1.80. The van der Waals surface area contributed by atoms with Crippen LogP contribution in [0.25, 0.3) is 10.9 Å². The second-order valence-corrected chi connectivity index (χ2v) is 3.52. The van der Waals surface area contributed by atoms with Gasteiger partial charge in [0.1, 0.15) is 0 Å². The van der Waals surface area contributed by atoms with Gasteiger partial charge in [0.2, 0.25) is 0 Å². The van der Waals surface area contributed by atoms with Crippen molar-refractivity contribution in [2.45, 2.75) is 6.54 Å². The SMILES string of the molecule is C#Cc1cccc2ccn(C/C=C/C=C)c12. The van der Waals surface area contributed by atoms with E-state index in [0.29, 0.717) is 0 Å². The number of hydrogen-bond acceptors (Lipinski definition) is 0. The molecule has 78 valence electrons. The van der Waals surface area contributed by atoms with E-state index >= 15 is 0 Å². The first kappa shape index (κ1) is 10.3. The van der Waals surface area contributed by atoms with Crippen LogP contribution in [0.4, 0.5) is 0 Å². The van der Waals surface area contributed by atoms with Crippen LogP contribution in [-0.2, 0) is 6.54 Å². The molecule has 2 aromatic rings. The largest absolute Gasteiger partial charge is 0.343 e. The Labute approximate surface area is 95.7 Å². The van der Waals surface area contributed by atoms with Crippen molar-refractivity contribution in [1.29, 1.82) is 0 Å². The van der Waals surface area contributed by atoms with Gasteiger partial charge in [-0.2, -0.15) is 0 Å². The van der Waals surface area contributed by atoms with E-state index in [4.69, 9.17) is 6.42 Å². The number of terminal acetylenes is 1. The first-order valence-corrected chi connectivity index (χ1v) is 5.19. The van der Waals surface area contributed by atoms with Gasteiger partial charge in [0.25, 0.3) is 0 Å². The van der Waals surface area contributed by atoms with Crippen LogP contribution in [-0.4, -0.2) is 4.57 Å². The van der Waals surface area contributed by atoms with Crippen molar-refractivity contribution >= 4 is 10.9 Å². The summed E-state index contributed by atoms with van der Waals surface area (Å²) in [6.45, 7) is 4.46. The zero-order valence-electron chi connectivity index (χ0n) is 9.06. The lowest BCUT2D eigenvalue weighted by molar-refractivity contribution is 0.863. The molecule has 1 heteroatoms. The van der Waals surface area contributed by atoms with Gasteiger partial charge in [-0.05, 0) is 12.1 Å². The van der Waals surface area contributed by atoms with Crippen molar-refractivity contribution in [3.05, 3.63) is 60.8 Å². The molecule has 0 saturated carbocycles. The Morgan fingerprint density at radius 2 is 2.25 bits per heavy atom. The molecule has 0 spiro atoms. The third-order valence-corrected chi connectivity index (χ3v) is 2.52. The van der Waals surface area contributed by atoms with Crippen LogP contribution in [0.15, 0.2) is 55.3 Å². The van der Waals surface area contributed by atoms with Gasteiger partial charge in [-0.1, -0.05) is 42.9 Å². The van der Waals surface area contributed by atoms with Gasteiger partial charge in [-0.3, -0.25) is 0 Å². The number of nitrogens with zero attached hydrogens (tertiary/aromatic N) is 1. The summed E-state index contributed by atoms with van der Waals surface area (Å²) < 4.78 is 2.14. The summed E-state index contributed by atoms with van der Waals surface area (Å²) in [5.41, 5.74) is 2.06. The van der Waals surface area contributed by atoms with Crippen LogP contribution in [0.3, 0.4) is 0 Å². The van der Waals surface area contributed by atoms with Crippen molar-refractivity contribution in [3.63, 3.8) is 0 Å². The zero-order valence-corrected chi connectivity index (χ0v) is 9.06. The second-order valence-electron chi connectivity index (χ2n) is 3.52. The molecule has 1 aromatic carbocycles. The third-order valence-electron chi connectivity index (χ3n) is 2.52. The van der Waals surface area contributed by atoms with Gasteiger partial charge in [0.15, 0.2) is 0 Å². The molecule has 1 aromatic heterocycles. The van der Waals surface area contributed by atoms with E-state index in [1.807, 2.05) is 18.2 Å². The van der Waals surface area contributed by atoms with Crippen molar-refractivity contribution in [1.82, 2.24) is 4.57 Å². The number of para-hydroxylation sites is 1. The van der Waals surface area contributed by atoms with Crippen LogP contribution >= 0.6 is 0 Å². The Bertz CT molecular complexity index is 579. The third kappa shape index (κ3) is 1.78. The molecular formula is C15H13N. The molecule has 2 rings (SSSR count). The van der Waals surface area contributed by atoms with Gasteiger partial charge in [-0.15, -0.1) is 6.42 Å². The summed E-state index contributed by atoms with van der Waals surface area (Å²) in [4.78, 5) is 0. The van der Waals surface area contributed by atoms with E-state index in [0.717, 1.165) is 17.6 Å². The van der Waals surface area contributed by atoms with E-state index in [1.165, 1.54) is 5.39 Å². The van der Waals surface area contributed by atoms with Gasteiger partial charge >= 0.3 is 0 Å². The molecule has 0 fully saturated rings. The lowest BCUT2D eigenvalue weighted by atomic mass is 10.1. The lowest BCUT2D eigenvalue weighted by Gasteiger charge is -2.03. The maximum Gasteiger partial charge on any atom is 0.0642 e. The first-order chi connectivity index (χ1) is 7.86. The summed E-state index contributed by atoms with van der Waals surface area (Å²) in [6.07, 6.45) is 13.3. The summed E-state index contributed by atoms with van der Waals surface area (Å²) in [5.74, 6) is 2.72. The van der Waals surface area contributed by atoms with Crippen LogP contribution in [0, 0.1) is 12.3 Å². The van der Waals surface area contributed by atoms with Crippen LogP contribution in [0.5, 0.6) is 0 Å². The molecular weight excluding hydrogens is 194 g/mol. The molecule has 1 nitrogen and oxygen atoms in total. The van der Waals surface area contributed by atoms with Gasteiger partial charge < -0.3 is 4.57 Å². The topological polar surface area (TPSA) is 4.93 Å². The quantitative estimate of drug-likeness (QED) is 0.537. The van der Waals surface area contributed by atoms with Crippen molar-refractivity contribution in [2.75, 3.05) is 0 Å². The molecule has 0 amide bonds. The average molecular weight is 207 g/mol. The number of fused-ring (bicyclic) bond motifs is 1. The normalized spacial score (nSPS) is 10.7. The predicted octanol–water partition coefficient (Wildman–Crippen LogP) is 3.36. The van der Waals surface area contributed by atoms with E-state index < -0.39 is 0 Å². The monoisotopic (exact) mass is 207 g/mol. The highest BCUT2D eigenvalue weighted by Gasteiger charge is 2.02. The molecule has 0 N–H and O–H groups in total. The average Bonchev–Trinajstić information content (AvgIpc) is 2.73. The minimum Gasteiger partial charge on any atom is -0.343 e. The fraction of sp³-hybridized carbons (Fsp3) is 0.0667. The standard InChI is InChI=1S/C15H13N/c1-3-5-6-11-16-12-10-14-9-7-8-13(4-2)15(14)16/h2-3,5-10,12H,1,11H2/b6-5+. The number of aromatic nitrogens is 1. The summed E-state index contributed by atoms with van der Waals surface area (Å²) in [5, 5.41) is 1.18. The Balaban J connectivity index is 2.50. The maximum absolute atomic E-state index is 5.50. The molecule has 0 aliphatic rings. The smallest absolute Gasteiger partial charge is 0.0642 e. The molecule has 0 radical (unpaired) electrons. The van der Waals surface area contributed by atoms with Crippen LogP contribution in [0.2, 0.25) is 0 Å². The highest BCUT2D eigenvalue weighted by atomic mass is 14.9. The molecule has 0 aliphatic carbocycles. The Morgan fingerprint density at radius 1 is 1.38 bits per heavy atom. The minimum atomic E-state index is 0.814. The highest BCUT2D eigenvalue weighted by molar-refractivity contribution is 5.85. The van der Waals surface area contributed by atoms with Crippen LogP contribution in [0.1, 0.15) is 5.56 Å². The van der Waals surface area contributed by atoms with Gasteiger partial charge in [0, 0.05) is 23.7 Å². The van der Waals surface area contributed by atoms with E-state index in [9.17, 15) is 0 Å². The Hall–Kier alpha value is -2.20. The number of allylic oxidation sites excluding steroid dienone is 3. The number of benzene rings is 1. The zero-order chi connectivity index (χ0) is 11.4. The first-order valence-electron chi connectivity index (χ1n) is 5.19. The Kier molecular flexibility index (Phi) is 2.93. The van der Waals surface area contributed by atoms with Crippen molar-refractivity contribution in [3.8, 4) is 12.3 Å². The van der Waals surface area contributed by atoms with E-state index in [2.05, 4.69) is 41.5 Å².